The van der Waals surface area contributed by atoms with Gasteiger partial charge in [0.05, 0.1) is 0 Å². The first-order valence-electron chi connectivity index (χ1n) is 4.74. The maximum Gasteiger partial charge on any atom is 0.225 e. The van der Waals surface area contributed by atoms with E-state index in [-0.39, 0.29) is 11.3 Å². The van der Waals surface area contributed by atoms with Crippen LogP contribution in [0.1, 0.15) is 33.6 Å². The molecule has 76 valence electrons. The summed E-state index contributed by atoms with van der Waals surface area (Å²) in [5.74, 6) is 0.153. The highest BCUT2D eigenvalue weighted by Gasteiger charge is 2.42. The fraction of sp³-hybridized carbons (Fsp3) is 0.900. The molecule has 0 saturated heterocycles. The van der Waals surface area contributed by atoms with Crippen molar-refractivity contribution in [1.29, 1.82) is 0 Å². The Morgan fingerprint density at radius 2 is 2.00 bits per heavy atom. The van der Waals surface area contributed by atoms with E-state index in [4.69, 9.17) is 0 Å². The van der Waals surface area contributed by atoms with Gasteiger partial charge in [-0.05, 0) is 18.3 Å². The van der Waals surface area contributed by atoms with Gasteiger partial charge < -0.3 is 5.32 Å². The third kappa shape index (κ3) is 2.97. The molecule has 13 heavy (non-hydrogen) atoms. The summed E-state index contributed by atoms with van der Waals surface area (Å²) >= 11 is 3.48. The molecule has 0 aliphatic heterocycles. The lowest BCUT2D eigenvalue weighted by Crippen LogP contribution is -2.38. The second-order valence-electron chi connectivity index (χ2n) is 5.07. The van der Waals surface area contributed by atoms with Gasteiger partial charge in [0.1, 0.15) is 0 Å². The quantitative estimate of drug-likeness (QED) is 0.763. The normalized spacial score (nSPS) is 19.7. The van der Waals surface area contributed by atoms with Crippen molar-refractivity contribution in [3.05, 3.63) is 0 Å². The average molecular weight is 248 g/mol. The summed E-state index contributed by atoms with van der Waals surface area (Å²) in [6.07, 6.45) is 2.48. The number of hydrogen-bond acceptors (Lipinski definition) is 1. The molecular formula is C10H18BrNO. The molecule has 0 aromatic heterocycles. The predicted molar refractivity (Wildman–Crippen MR) is 57.9 cm³/mol. The van der Waals surface area contributed by atoms with Gasteiger partial charge in [-0.2, -0.15) is 0 Å². The van der Waals surface area contributed by atoms with Gasteiger partial charge in [0.2, 0.25) is 5.91 Å². The van der Waals surface area contributed by atoms with Crippen LogP contribution in [0.2, 0.25) is 0 Å². The van der Waals surface area contributed by atoms with Crippen LogP contribution in [0.15, 0.2) is 0 Å². The minimum Gasteiger partial charge on any atom is -0.355 e. The van der Waals surface area contributed by atoms with Gasteiger partial charge in [0, 0.05) is 17.3 Å². The Morgan fingerprint density at radius 3 is 2.31 bits per heavy atom. The number of carbonyl (C=O) groups excluding carboxylic acids is 1. The van der Waals surface area contributed by atoms with E-state index in [0.29, 0.717) is 5.41 Å². The largest absolute Gasteiger partial charge is 0.355 e. The summed E-state index contributed by atoms with van der Waals surface area (Å²) in [5.41, 5.74) is 0.114. The van der Waals surface area contributed by atoms with Crippen LogP contribution in [-0.2, 0) is 4.79 Å². The minimum absolute atomic E-state index is 0.153. The second kappa shape index (κ2) is 3.60. The zero-order valence-corrected chi connectivity index (χ0v) is 10.2. The SMILES string of the molecule is CC(C)(C)C(=O)NCC1(CBr)CC1. The number of nitrogens with one attached hydrogen (secondary N) is 1. The Kier molecular flexibility index (Phi) is 3.05. The molecule has 0 aromatic carbocycles. The first-order chi connectivity index (χ1) is 5.90. The molecule has 0 aromatic rings. The second-order valence-corrected chi connectivity index (χ2v) is 5.63. The summed E-state index contributed by atoms with van der Waals surface area (Å²) in [5, 5.41) is 4.01. The molecule has 3 heteroatoms. The van der Waals surface area contributed by atoms with Gasteiger partial charge in [-0.25, -0.2) is 0 Å². The fourth-order valence-corrected chi connectivity index (χ4v) is 1.83. The Hall–Kier alpha value is -0.0500. The molecule has 0 bridgehead atoms. The molecule has 0 heterocycles. The summed E-state index contributed by atoms with van der Waals surface area (Å²) in [6, 6.07) is 0. The van der Waals surface area contributed by atoms with Gasteiger partial charge in [0.25, 0.3) is 0 Å². The predicted octanol–water partition coefficient (Wildman–Crippen LogP) is 2.32. The lowest BCUT2D eigenvalue weighted by molar-refractivity contribution is -0.128. The van der Waals surface area contributed by atoms with Crippen molar-refractivity contribution in [2.75, 3.05) is 11.9 Å². The molecule has 0 radical (unpaired) electrons. The van der Waals surface area contributed by atoms with Crippen molar-refractivity contribution >= 4 is 21.8 Å². The molecule has 1 aliphatic rings. The van der Waals surface area contributed by atoms with Crippen molar-refractivity contribution < 1.29 is 4.79 Å². The Bertz CT molecular complexity index is 203. The van der Waals surface area contributed by atoms with E-state index in [1.807, 2.05) is 20.8 Å². The standard InChI is InChI=1S/C10H18BrNO/c1-9(2,3)8(13)12-7-10(6-11)4-5-10/h4-7H2,1-3H3,(H,12,13). The number of carbonyl (C=O) groups is 1. The molecule has 1 rings (SSSR count). The molecule has 0 atom stereocenters. The van der Waals surface area contributed by atoms with Crippen molar-refractivity contribution in [2.24, 2.45) is 10.8 Å². The molecule has 0 unspecified atom stereocenters. The van der Waals surface area contributed by atoms with Crippen molar-refractivity contribution in [3.63, 3.8) is 0 Å². The summed E-state index contributed by atoms with van der Waals surface area (Å²) in [4.78, 5) is 11.5. The summed E-state index contributed by atoms with van der Waals surface area (Å²) < 4.78 is 0. The van der Waals surface area contributed by atoms with Crippen LogP contribution in [0.4, 0.5) is 0 Å². The van der Waals surface area contributed by atoms with Crippen LogP contribution in [0.3, 0.4) is 0 Å². The van der Waals surface area contributed by atoms with Gasteiger partial charge in [-0.3, -0.25) is 4.79 Å². The van der Waals surface area contributed by atoms with Crippen LogP contribution in [0.25, 0.3) is 0 Å². The summed E-state index contributed by atoms with van der Waals surface area (Å²) in [7, 11) is 0. The highest BCUT2D eigenvalue weighted by atomic mass is 79.9. The molecule has 1 N–H and O–H groups in total. The van der Waals surface area contributed by atoms with E-state index in [1.54, 1.807) is 0 Å². The third-order valence-corrected chi connectivity index (χ3v) is 3.74. The Balaban J connectivity index is 2.31. The molecular weight excluding hydrogens is 230 g/mol. The fourth-order valence-electron chi connectivity index (χ4n) is 1.07. The van der Waals surface area contributed by atoms with E-state index < -0.39 is 0 Å². The van der Waals surface area contributed by atoms with Gasteiger partial charge >= 0.3 is 0 Å². The van der Waals surface area contributed by atoms with Gasteiger partial charge in [0.15, 0.2) is 0 Å². The van der Waals surface area contributed by atoms with Crippen LogP contribution in [-0.4, -0.2) is 17.8 Å². The van der Waals surface area contributed by atoms with Crippen LogP contribution >= 0.6 is 15.9 Å². The van der Waals surface area contributed by atoms with Crippen LogP contribution in [0.5, 0.6) is 0 Å². The van der Waals surface area contributed by atoms with Crippen LogP contribution < -0.4 is 5.32 Å². The van der Waals surface area contributed by atoms with E-state index in [9.17, 15) is 4.79 Å². The number of rotatable bonds is 3. The van der Waals surface area contributed by atoms with Crippen molar-refractivity contribution in [2.45, 2.75) is 33.6 Å². The molecule has 0 spiro atoms. The first-order valence-corrected chi connectivity index (χ1v) is 5.86. The maximum atomic E-state index is 11.5. The number of alkyl halides is 1. The highest BCUT2D eigenvalue weighted by Crippen LogP contribution is 2.46. The van der Waals surface area contributed by atoms with Gasteiger partial charge in [-0.1, -0.05) is 36.7 Å². The monoisotopic (exact) mass is 247 g/mol. The van der Waals surface area contributed by atoms with Gasteiger partial charge in [-0.15, -0.1) is 0 Å². The minimum atomic E-state index is -0.262. The number of hydrogen-bond donors (Lipinski definition) is 1. The van der Waals surface area contributed by atoms with Crippen molar-refractivity contribution in [3.8, 4) is 0 Å². The smallest absolute Gasteiger partial charge is 0.225 e. The zero-order chi connectivity index (χ0) is 10.1. The highest BCUT2D eigenvalue weighted by molar-refractivity contribution is 9.09. The molecule has 2 nitrogen and oxygen atoms in total. The lowest BCUT2D eigenvalue weighted by Gasteiger charge is -2.20. The average Bonchev–Trinajstić information content (AvgIpc) is 2.79. The summed E-state index contributed by atoms with van der Waals surface area (Å²) in [6.45, 7) is 6.65. The number of amides is 1. The van der Waals surface area contributed by atoms with E-state index in [2.05, 4.69) is 21.2 Å². The third-order valence-electron chi connectivity index (χ3n) is 2.55. The van der Waals surface area contributed by atoms with E-state index in [1.165, 1.54) is 12.8 Å². The van der Waals surface area contributed by atoms with Crippen LogP contribution in [0, 0.1) is 10.8 Å². The lowest BCUT2D eigenvalue weighted by atomic mass is 9.95. The Morgan fingerprint density at radius 1 is 1.46 bits per heavy atom. The zero-order valence-electron chi connectivity index (χ0n) is 8.61. The molecule has 1 amide bonds. The Labute approximate surface area is 88.6 Å². The molecule has 1 fully saturated rings. The number of halogens is 1. The topological polar surface area (TPSA) is 29.1 Å². The van der Waals surface area contributed by atoms with E-state index in [0.717, 1.165) is 11.9 Å². The van der Waals surface area contributed by atoms with E-state index >= 15 is 0 Å². The first kappa shape index (κ1) is 11.0. The molecule has 1 aliphatic carbocycles. The van der Waals surface area contributed by atoms with Crippen molar-refractivity contribution in [1.82, 2.24) is 5.32 Å². The molecule has 1 saturated carbocycles. The maximum absolute atomic E-state index is 11.5.